The molecule has 0 aliphatic heterocycles. The molecule has 0 bridgehead atoms. The molecule has 0 heterocycles. The molecular formula is C12H18N2O4. The third-order valence-electron chi connectivity index (χ3n) is 2.86. The highest BCUT2D eigenvalue weighted by atomic mass is 16.6. The Morgan fingerprint density at radius 2 is 2.00 bits per heavy atom. The van der Waals surface area contributed by atoms with Gasteiger partial charge < -0.3 is 15.5 Å². The van der Waals surface area contributed by atoms with Crippen molar-refractivity contribution in [2.24, 2.45) is 0 Å². The van der Waals surface area contributed by atoms with Crippen LogP contribution in [0.1, 0.15) is 24.1 Å². The zero-order chi connectivity index (χ0) is 13.7. The van der Waals surface area contributed by atoms with Crippen LogP contribution in [0, 0.1) is 17.0 Å². The molecule has 18 heavy (non-hydrogen) atoms. The quantitative estimate of drug-likeness (QED) is 0.518. The monoisotopic (exact) mass is 254 g/mol. The minimum atomic E-state index is -0.430. The van der Waals surface area contributed by atoms with E-state index in [0.29, 0.717) is 5.56 Å². The van der Waals surface area contributed by atoms with Gasteiger partial charge in [-0.2, -0.15) is 0 Å². The van der Waals surface area contributed by atoms with Crippen molar-refractivity contribution in [1.29, 1.82) is 0 Å². The Labute approximate surface area is 105 Å². The Balaban J connectivity index is 2.89. The second-order valence-corrected chi connectivity index (χ2v) is 4.25. The lowest BCUT2D eigenvalue weighted by Gasteiger charge is -2.20. The van der Waals surface area contributed by atoms with E-state index in [0.717, 1.165) is 5.56 Å². The lowest BCUT2D eigenvalue weighted by molar-refractivity contribution is -0.385. The number of nitro benzene ring substituents is 1. The highest BCUT2D eigenvalue weighted by molar-refractivity contribution is 5.43. The first-order valence-electron chi connectivity index (χ1n) is 5.72. The summed E-state index contributed by atoms with van der Waals surface area (Å²) >= 11 is 0. The number of nitro groups is 1. The van der Waals surface area contributed by atoms with Crippen molar-refractivity contribution in [2.75, 3.05) is 13.2 Å². The molecule has 100 valence electrons. The number of aryl methyl sites for hydroxylation is 1. The number of hydrogen-bond acceptors (Lipinski definition) is 5. The van der Waals surface area contributed by atoms with Crippen molar-refractivity contribution >= 4 is 5.69 Å². The van der Waals surface area contributed by atoms with Crippen LogP contribution in [0.25, 0.3) is 0 Å². The summed E-state index contributed by atoms with van der Waals surface area (Å²) in [5, 5.41) is 31.8. The van der Waals surface area contributed by atoms with Gasteiger partial charge in [-0.3, -0.25) is 10.1 Å². The van der Waals surface area contributed by atoms with Gasteiger partial charge in [0.25, 0.3) is 5.69 Å². The van der Waals surface area contributed by atoms with Gasteiger partial charge in [-0.05, 0) is 19.4 Å². The fourth-order valence-electron chi connectivity index (χ4n) is 1.71. The van der Waals surface area contributed by atoms with Crippen LogP contribution in [0.5, 0.6) is 0 Å². The van der Waals surface area contributed by atoms with E-state index in [2.05, 4.69) is 5.32 Å². The van der Waals surface area contributed by atoms with Crippen LogP contribution in [0.3, 0.4) is 0 Å². The summed E-state index contributed by atoms with van der Waals surface area (Å²) in [6.07, 6.45) is 0. The van der Waals surface area contributed by atoms with Gasteiger partial charge in [0, 0.05) is 17.7 Å². The Morgan fingerprint density at radius 1 is 1.39 bits per heavy atom. The van der Waals surface area contributed by atoms with Crippen molar-refractivity contribution in [1.82, 2.24) is 5.32 Å². The first kappa shape index (κ1) is 14.6. The predicted octanol–water partition coefficient (Wildman–Crippen LogP) is 0.907. The minimum Gasteiger partial charge on any atom is -0.395 e. The van der Waals surface area contributed by atoms with Crippen molar-refractivity contribution in [3.8, 4) is 0 Å². The molecule has 0 aliphatic carbocycles. The van der Waals surface area contributed by atoms with Crippen LogP contribution in [-0.2, 0) is 0 Å². The molecule has 1 rings (SSSR count). The summed E-state index contributed by atoms with van der Waals surface area (Å²) < 4.78 is 0. The van der Waals surface area contributed by atoms with E-state index in [4.69, 9.17) is 10.2 Å². The van der Waals surface area contributed by atoms with Crippen LogP contribution in [0.2, 0.25) is 0 Å². The average Bonchev–Trinajstić information content (AvgIpc) is 2.35. The topological polar surface area (TPSA) is 95.6 Å². The molecule has 1 aromatic rings. The number of rotatable bonds is 6. The van der Waals surface area contributed by atoms with Gasteiger partial charge in [0.2, 0.25) is 0 Å². The Kier molecular flexibility index (Phi) is 5.21. The van der Waals surface area contributed by atoms with Gasteiger partial charge >= 0.3 is 0 Å². The molecule has 6 nitrogen and oxygen atoms in total. The maximum Gasteiger partial charge on any atom is 0.272 e. The molecule has 0 amide bonds. The van der Waals surface area contributed by atoms with Gasteiger partial charge in [0.1, 0.15) is 0 Å². The van der Waals surface area contributed by atoms with E-state index in [-0.39, 0.29) is 24.9 Å². The van der Waals surface area contributed by atoms with E-state index in [1.54, 1.807) is 19.1 Å². The number of nitrogens with zero attached hydrogens (tertiary/aromatic N) is 1. The Hall–Kier alpha value is -1.50. The average molecular weight is 254 g/mol. The van der Waals surface area contributed by atoms with Crippen LogP contribution in [-0.4, -0.2) is 34.4 Å². The minimum absolute atomic E-state index is 0.0747. The molecule has 0 saturated carbocycles. The fourth-order valence-corrected chi connectivity index (χ4v) is 1.71. The number of benzene rings is 1. The van der Waals surface area contributed by atoms with Crippen LogP contribution in [0.15, 0.2) is 18.2 Å². The van der Waals surface area contributed by atoms with Crippen LogP contribution < -0.4 is 5.32 Å². The smallest absolute Gasteiger partial charge is 0.272 e. The maximum atomic E-state index is 10.8. The molecule has 6 heteroatoms. The van der Waals surface area contributed by atoms with E-state index < -0.39 is 11.0 Å². The molecule has 1 aromatic carbocycles. The largest absolute Gasteiger partial charge is 0.395 e. The van der Waals surface area contributed by atoms with Crippen molar-refractivity contribution in [2.45, 2.75) is 25.9 Å². The number of hydrogen-bond donors (Lipinski definition) is 3. The molecule has 0 radical (unpaired) electrons. The third-order valence-corrected chi connectivity index (χ3v) is 2.86. The van der Waals surface area contributed by atoms with Crippen molar-refractivity contribution in [3.63, 3.8) is 0 Å². The molecule has 0 saturated heterocycles. The molecular weight excluding hydrogens is 236 g/mol. The summed E-state index contributed by atoms with van der Waals surface area (Å²) in [5.41, 5.74) is 1.43. The fraction of sp³-hybridized carbons (Fsp3) is 0.500. The van der Waals surface area contributed by atoms with Gasteiger partial charge in [-0.15, -0.1) is 0 Å². The highest BCUT2D eigenvalue weighted by Gasteiger charge is 2.16. The zero-order valence-corrected chi connectivity index (χ0v) is 10.5. The van der Waals surface area contributed by atoms with E-state index in [1.807, 2.05) is 6.92 Å². The number of aliphatic hydroxyl groups is 2. The summed E-state index contributed by atoms with van der Waals surface area (Å²) in [4.78, 5) is 10.4. The maximum absolute atomic E-state index is 10.8. The second kappa shape index (κ2) is 6.44. The predicted molar refractivity (Wildman–Crippen MR) is 67.3 cm³/mol. The van der Waals surface area contributed by atoms with E-state index >= 15 is 0 Å². The SMILES string of the molecule is Cc1ccc(C(C)NC(CO)CO)cc1[N+](=O)[O-]. The summed E-state index contributed by atoms with van der Waals surface area (Å²) in [7, 11) is 0. The Morgan fingerprint density at radius 3 is 2.50 bits per heavy atom. The lowest BCUT2D eigenvalue weighted by Crippen LogP contribution is -2.37. The summed E-state index contributed by atoms with van der Waals surface area (Å²) in [5.74, 6) is 0. The molecule has 1 atom stereocenters. The van der Waals surface area contributed by atoms with Crippen LogP contribution in [0.4, 0.5) is 5.69 Å². The molecule has 1 unspecified atom stereocenters. The van der Waals surface area contributed by atoms with Crippen molar-refractivity contribution < 1.29 is 15.1 Å². The van der Waals surface area contributed by atoms with Gasteiger partial charge in [-0.25, -0.2) is 0 Å². The Bertz CT molecular complexity index is 419. The molecule has 0 fully saturated rings. The van der Waals surface area contributed by atoms with Crippen LogP contribution >= 0.6 is 0 Å². The number of aliphatic hydroxyl groups excluding tert-OH is 2. The van der Waals surface area contributed by atoms with Gasteiger partial charge in [0.15, 0.2) is 0 Å². The lowest BCUT2D eigenvalue weighted by atomic mass is 10.0. The normalized spacial score (nSPS) is 12.7. The first-order chi connectivity index (χ1) is 8.49. The highest BCUT2D eigenvalue weighted by Crippen LogP contribution is 2.23. The zero-order valence-electron chi connectivity index (χ0n) is 10.5. The first-order valence-corrected chi connectivity index (χ1v) is 5.72. The summed E-state index contributed by atoms with van der Waals surface area (Å²) in [6, 6.07) is 4.39. The molecule has 3 N–H and O–H groups in total. The van der Waals surface area contributed by atoms with Crippen molar-refractivity contribution in [3.05, 3.63) is 39.4 Å². The van der Waals surface area contributed by atoms with E-state index in [1.165, 1.54) is 6.07 Å². The molecule has 0 aromatic heterocycles. The third kappa shape index (κ3) is 3.49. The molecule has 0 spiro atoms. The second-order valence-electron chi connectivity index (χ2n) is 4.25. The molecule has 0 aliphatic rings. The van der Waals surface area contributed by atoms with Gasteiger partial charge in [-0.1, -0.05) is 12.1 Å². The van der Waals surface area contributed by atoms with E-state index in [9.17, 15) is 10.1 Å². The number of nitrogens with one attached hydrogen (secondary N) is 1. The standard InChI is InChI=1S/C12H18N2O4/c1-8-3-4-10(5-12(8)14(17)18)9(2)13-11(6-15)7-16/h3-5,9,11,13,15-16H,6-7H2,1-2H3. The summed E-state index contributed by atoms with van der Waals surface area (Å²) in [6.45, 7) is 3.14. The van der Waals surface area contributed by atoms with Gasteiger partial charge in [0.05, 0.1) is 24.2 Å².